The van der Waals surface area contributed by atoms with Gasteiger partial charge in [-0.15, -0.1) is 0 Å². The van der Waals surface area contributed by atoms with Crippen molar-refractivity contribution in [1.82, 2.24) is 9.55 Å². The highest BCUT2D eigenvalue weighted by Crippen LogP contribution is 2.45. The fourth-order valence-electron chi connectivity index (χ4n) is 4.52. The molecule has 3 aliphatic rings. The highest BCUT2D eigenvalue weighted by molar-refractivity contribution is 5.43. The first-order chi connectivity index (χ1) is 10.3. The topological polar surface area (TPSA) is 43.8 Å². The van der Waals surface area contributed by atoms with Gasteiger partial charge in [-0.3, -0.25) is 0 Å². The molecule has 3 saturated carbocycles. The van der Waals surface area contributed by atoms with E-state index in [1.54, 1.807) is 0 Å². The lowest BCUT2D eigenvalue weighted by atomic mass is 9.87. The van der Waals surface area contributed by atoms with Crippen LogP contribution in [0.2, 0.25) is 0 Å². The van der Waals surface area contributed by atoms with E-state index in [2.05, 4.69) is 4.57 Å². The van der Waals surface area contributed by atoms with Crippen molar-refractivity contribution in [2.45, 2.75) is 94.9 Å². The Bertz CT molecular complexity index is 489. The minimum Gasteiger partial charge on any atom is -0.384 e. The maximum Gasteiger partial charge on any atom is 0.127 e. The smallest absolute Gasteiger partial charge is 0.127 e. The third kappa shape index (κ3) is 2.60. The lowest BCUT2D eigenvalue weighted by molar-refractivity contribution is 0.413. The van der Waals surface area contributed by atoms with Gasteiger partial charge in [0.05, 0.1) is 5.69 Å². The van der Waals surface area contributed by atoms with E-state index in [0.29, 0.717) is 17.9 Å². The molecule has 3 heteroatoms. The average Bonchev–Trinajstić information content (AvgIpc) is 3.32. The Morgan fingerprint density at radius 1 is 0.762 bits per heavy atom. The van der Waals surface area contributed by atoms with Gasteiger partial charge in [0.15, 0.2) is 0 Å². The molecule has 0 bridgehead atoms. The molecule has 1 aromatic rings. The number of anilines is 1. The largest absolute Gasteiger partial charge is 0.384 e. The summed E-state index contributed by atoms with van der Waals surface area (Å²) in [5.41, 5.74) is 7.85. The maximum atomic E-state index is 6.58. The molecule has 1 aromatic heterocycles. The SMILES string of the molecule is Nc1c(C2CCCCC2)nc(C2CCCCC2)n1C1CC1. The van der Waals surface area contributed by atoms with Crippen LogP contribution in [0.25, 0.3) is 0 Å². The number of aromatic nitrogens is 2. The molecule has 0 aliphatic heterocycles. The molecule has 3 nitrogen and oxygen atoms in total. The molecule has 3 aliphatic carbocycles. The Labute approximate surface area is 128 Å². The van der Waals surface area contributed by atoms with Gasteiger partial charge in [0.25, 0.3) is 0 Å². The van der Waals surface area contributed by atoms with E-state index in [9.17, 15) is 0 Å². The molecule has 21 heavy (non-hydrogen) atoms. The van der Waals surface area contributed by atoms with Crippen molar-refractivity contribution in [2.75, 3.05) is 5.73 Å². The number of rotatable bonds is 3. The molecule has 4 rings (SSSR count). The first kappa shape index (κ1) is 13.7. The van der Waals surface area contributed by atoms with Crippen LogP contribution in [0.3, 0.4) is 0 Å². The molecule has 0 amide bonds. The Morgan fingerprint density at radius 2 is 1.33 bits per heavy atom. The number of imidazole rings is 1. The molecule has 0 aromatic carbocycles. The normalized spacial score (nSPS) is 25.3. The third-order valence-electron chi connectivity index (χ3n) is 5.88. The molecule has 0 saturated heterocycles. The molecule has 0 unspecified atom stereocenters. The van der Waals surface area contributed by atoms with E-state index in [0.717, 1.165) is 5.82 Å². The van der Waals surface area contributed by atoms with E-state index in [1.807, 2.05) is 0 Å². The summed E-state index contributed by atoms with van der Waals surface area (Å²) in [7, 11) is 0. The van der Waals surface area contributed by atoms with E-state index in [4.69, 9.17) is 10.7 Å². The van der Waals surface area contributed by atoms with Gasteiger partial charge >= 0.3 is 0 Å². The van der Waals surface area contributed by atoms with Crippen LogP contribution in [0.15, 0.2) is 0 Å². The summed E-state index contributed by atoms with van der Waals surface area (Å²) in [6.07, 6.45) is 16.2. The van der Waals surface area contributed by atoms with Crippen LogP contribution in [0.4, 0.5) is 5.82 Å². The number of nitrogens with two attached hydrogens (primary N) is 1. The Morgan fingerprint density at radius 3 is 1.90 bits per heavy atom. The second kappa shape index (κ2) is 5.66. The van der Waals surface area contributed by atoms with Crippen molar-refractivity contribution < 1.29 is 0 Å². The second-order valence-electron chi connectivity index (χ2n) is 7.51. The van der Waals surface area contributed by atoms with E-state index in [-0.39, 0.29) is 0 Å². The molecule has 116 valence electrons. The Hall–Kier alpha value is -0.990. The predicted molar refractivity (Wildman–Crippen MR) is 86.6 cm³/mol. The summed E-state index contributed by atoms with van der Waals surface area (Å²) in [4.78, 5) is 5.16. The molecule has 2 N–H and O–H groups in total. The summed E-state index contributed by atoms with van der Waals surface area (Å²) in [5.74, 6) is 3.71. The van der Waals surface area contributed by atoms with Gasteiger partial charge in [-0.2, -0.15) is 0 Å². The van der Waals surface area contributed by atoms with Crippen molar-refractivity contribution in [3.05, 3.63) is 11.5 Å². The minimum absolute atomic E-state index is 0.640. The zero-order valence-electron chi connectivity index (χ0n) is 13.2. The zero-order valence-corrected chi connectivity index (χ0v) is 13.2. The molecular formula is C18H29N3. The average molecular weight is 287 g/mol. The van der Waals surface area contributed by atoms with Gasteiger partial charge in [0.2, 0.25) is 0 Å². The van der Waals surface area contributed by atoms with Crippen LogP contribution < -0.4 is 5.73 Å². The number of hydrogen-bond acceptors (Lipinski definition) is 2. The van der Waals surface area contributed by atoms with Gasteiger partial charge in [0, 0.05) is 17.9 Å². The van der Waals surface area contributed by atoms with Gasteiger partial charge in [-0.25, -0.2) is 4.98 Å². The van der Waals surface area contributed by atoms with Crippen molar-refractivity contribution in [3.63, 3.8) is 0 Å². The summed E-state index contributed by atoms with van der Waals surface area (Å²) in [6.45, 7) is 0. The monoisotopic (exact) mass is 287 g/mol. The van der Waals surface area contributed by atoms with E-state index in [1.165, 1.54) is 88.6 Å². The van der Waals surface area contributed by atoms with Gasteiger partial charge in [0.1, 0.15) is 11.6 Å². The van der Waals surface area contributed by atoms with Crippen molar-refractivity contribution in [1.29, 1.82) is 0 Å². The zero-order chi connectivity index (χ0) is 14.2. The number of nitrogens with zero attached hydrogens (tertiary/aromatic N) is 2. The van der Waals surface area contributed by atoms with Gasteiger partial charge in [-0.1, -0.05) is 38.5 Å². The van der Waals surface area contributed by atoms with Crippen LogP contribution >= 0.6 is 0 Å². The van der Waals surface area contributed by atoms with Crippen molar-refractivity contribution in [3.8, 4) is 0 Å². The minimum atomic E-state index is 0.640. The molecule has 0 atom stereocenters. The molecule has 0 radical (unpaired) electrons. The van der Waals surface area contributed by atoms with Crippen LogP contribution in [-0.4, -0.2) is 9.55 Å². The fourth-order valence-corrected chi connectivity index (χ4v) is 4.52. The Kier molecular flexibility index (Phi) is 3.68. The van der Waals surface area contributed by atoms with Crippen LogP contribution in [0, 0.1) is 0 Å². The summed E-state index contributed by atoms with van der Waals surface area (Å²) < 4.78 is 2.46. The van der Waals surface area contributed by atoms with Crippen LogP contribution in [0.1, 0.15) is 106 Å². The highest BCUT2D eigenvalue weighted by atomic mass is 15.2. The fraction of sp³-hybridized carbons (Fsp3) is 0.833. The number of nitrogen functional groups attached to an aromatic ring is 1. The summed E-state index contributed by atoms with van der Waals surface area (Å²) in [6, 6.07) is 0.673. The van der Waals surface area contributed by atoms with Crippen molar-refractivity contribution in [2.24, 2.45) is 0 Å². The first-order valence-corrected chi connectivity index (χ1v) is 9.22. The Balaban J connectivity index is 1.67. The molecular weight excluding hydrogens is 258 g/mol. The van der Waals surface area contributed by atoms with Crippen LogP contribution in [0.5, 0.6) is 0 Å². The summed E-state index contributed by atoms with van der Waals surface area (Å²) in [5, 5.41) is 0. The highest BCUT2D eigenvalue weighted by Gasteiger charge is 2.34. The van der Waals surface area contributed by atoms with Gasteiger partial charge in [-0.05, 0) is 38.5 Å². The number of hydrogen-bond donors (Lipinski definition) is 1. The molecule has 3 fully saturated rings. The second-order valence-corrected chi connectivity index (χ2v) is 7.51. The standard InChI is InChI=1S/C18H29N3/c19-17-16(13-7-3-1-4-8-13)20-18(21(17)15-11-12-15)14-9-5-2-6-10-14/h13-15H,1-12,19H2. The predicted octanol–water partition coefficient (Wildman–Crippen LogP) is 4.90. The van der Waals surface area contributed by atoms with E-state index < -0.39 is 0 Å². The van der Waals surface area contributed by atoms with E-state index >= 15 is 0 Å². The maximum absolute atomic E-state index is 6.58. The quantitative estimate of drug-likeness (QED) is 0.859. The summed E-state index contributed by atoms with van der Waals surface area (Å²) >= 11 is 0. The van der Waals surface area contributed by atoms with Crippen molar-refractivity contribution >= 4 is 5.82 Å². The lowest BCUT2D eigenvalue weighted by Gasteiger charge is -2.22. The first-order valence-electron chi connectivity index (χ1n) is 9.22. The van der Waals surface area contributed by atoms with Crippen LogP contribution in [-0.2, 0) is 0 Å². The molecule has 0 spiro atoms. The van der Waals surface area contributed by atoms with Gasteiger partial charge < -0.3 is 10.3 Å². The molecule has 1 heterocycles. The third-order valence-corrected chi connectivity index (χ3v) is 5.88. The lowest BCUT2D eigenvalue weighted by Crippen LogP contribution is -2.13.